The van der Waals surface area contributed by atoms with E-state index in [2.05, 4.69) is 0 Å². The molecule has 0 N–H and O–H groups in total. The Kier molecular flexibility index (Phi) is 4.81. The predicted octanol–water partition coefficient (Wildman–Crippen LogP) is 4.06. The van der Waals surface area contributed by atoms with E-state index in [0.29, 0.717) is 18.8 Å². The summed E-state index contributed by atoms with van der Waals surface area (Å²) in [5.74, 6) is 0.0623. The van der Waals surface area contributed by atoms with Gasteiger partial charge in [-0.2, -0.15) is 13.2 Å². The first-order valence-electron chi connectivity index (χ1n) is 6.50. The number of halogens is 4. The first kappa shape index (κ1) is 15.4. The summed E-state index contributed by atoms with van der Waals surface area (Å²) in [5, 5.41) is 0. The second kappa shape index (κ2) is 6.22. The van der Waals surface area contributed by atoms with Gasteiger partial charge in [-0.1, -0.05) is 0 Å². The van der Waals surface area contributed by atoms with Gasteiger partial charge in [0.05, 0.1) is 5.56 Å². The van der Waals surface area contributed by atoms with Gasteiger partial charge in [0.2, 0.25) is 0 Å². The van der Waals surface area contributed by atoms with Gasteiger partial charge in [0, 0.05) is 37.9 Å². The lowest BCUT2D eigenvalue weighted by atomic mass is 10.0. The number of ether oxygens (including phenoxy) is 1. The third-order valence-electron chi connectivity index (χ3n) is 3.67. The van der Waals surface area contributed by atoms with Crippen LogP contribution in [-0.4, -0.2) is 26.3 Å². The molecule has 0 aliphatic carbocycles. The number of hydrogen-bond acceptors (Lipinski definition) is 2. The zero-order chi connectivity index (χ0) is 14.8. The van der Waals surface area contributed by atoms with Crippen LogP contribution in [-0.2, 0) is 16.8 Å². The van der Waals surface area contributed by atoms with Crippen molar-refractivity contribution in [1.82, 2.24) is 0 Å². The van der Waals surface area contributed by atoms with Gasteiger partial charge in [-0.25, -0.2) is 0 Å². The molecule has 1 saturated heterocycles. The molecule has 112 valence electrons. The number of hydrogen-bond donors (Lipinski definition) is 0. The monoisotopic (exact) mass is 307 g/mol. The van der Waals surface area contributed by atoms with Crippen molar-refractivity contribution in [1.29, 1.82) is 0 Å². The van der Waals surface area contributed by atoms with Crippen LogP contribution in [0.5, 0.6) is 0 Å². The van der Waals surface area contributed by atoms with E-state index in [0.717, 1.165) is 30.7 Å². The van der Waals surface area contributed by atoms with Gasteiger partial charge in [0.15, 0.2) is 0 Å². The summed E-state index contributed by atoms with van der Waals surface area (Å²) in [6.45, 7) is 1.37. The average molecular weight is 308 g/mol. The molecule has 1 heterocycles. The van der Waals surface area contributed by atoms with Crippen LogP contribution >= 0.6 is 11.6 Å². The lowest BCUT2D eigenvalue weighted by Gasteiger charge is -2.34. The Bertz CT molecular complexity index is 458. The first-order chi connectivity index (χ1) is 9.43. The van der Waals surface area contributed by atoms with Crippen molar-refractivity contribution in [3.63, 3.8) is 0 Å². The van der Waals surface area contributed by atoms with E-state index >= 15 is 0 Å². The van der Waals surface area contributed by atoms with Crippen LogP contribution in [0.4, 0.5) is 18.9 Å². The Labute approximate surface area is 121 Å². The van der Waals surface area contributed by atoms with Crippen molar-refractivity contribution in [2.45, 2.75) is 30.9 Å². The minimum atomic E-state index is -4.34. The summed E-state index contributed by atoms with van der Waals surface area (Å²) in [6.07, 6.45) is -2.59. The van der Waals surface area contributed by atoms with E-state index in [9.17, 15) is 13.2 Å². The summed E-state index contributed by atoms with van der Waals surface area (Å²) in [7, 11) is 1.90. The number of anilines is 1. The molecule has 1 aliphatic rings. The SMILES string of the molecule is CN(c1ccc(C(F)(F)F)cc1CCl)C1CCOCC1. The predicted molar refractivity (Wildman–Crippen MR) is 73.2 cm³/mol. The van der Waals surface area contributed by atoms with Gasteiger partial charge < -0.3 is 9.64 Å². The van der Waals surface area contributed by atoms with Crippen LogP contribution in [0.2, 0.25) is 0 Å². The Morgan fingerprint density at radius 3 is 2.50 bits per heavy atom. The number of alkyl halides is 4. The molecule has 20 heavy (non-hydrogen) atoms. The number of benzene rings is 1. The van der Waals surface area contributed by atoms with Crippen molar-refractivity contribution >= 4 is 17.3 Å². The Balaban J connectivity index is 2.26. The number of nitrogens with zero attached hydrogens (tertiary/aromatic N) is 1. The van der Waals surface area contributed by atoms with Crippen LogP contribution < -0.4 is 4.90 Å². The molecule has 2 nitrogen and oxygen atoms in total. The quantitative estimate of drug-likeness (QED) is 0.781. The van der Waals surface area contributed by atoms with E-state index in [1.807, 2.05) is 11.9 Å². The largest absolute Gasteiger partial charge is 0.416 e. The molecule has 1 aromatic rings. The molecule has 6 heteroatoms. The van der Waals surface area contributed by atoms with Crippen LogP contribution in [0, 0.1) is 0 Å². The van der Waals surface area contributed by atoms with Crippen molar-refractivity contribution < 1.29 is 17.9 Å². The molecule has 2 rings (SSSR count). The molecular formula is C14H17ClF3NO. The van der Waals surface area contributed by atoms with Gasteiger partial charge in [0.25, 0.3) is 0 Å². The van der Waals surface area contributed by atoms with Crippen molar-refractivity contribution in [3.8, 4) is 0 Å². The molecule has 0 aromatic heterocycles. The van der Waals surface area contributed by atoms with Gasteiger partial charge >= 0.3 is 6.18 Å². The van der Waals surface area contributed by atoms with Crippen LogP contribution in [0.3, 0.4) is 0 Å². The molecule has 0 atom stereocenters. The standard InChI is InChI=1S/C14H17ClF3NO/c1-19(12-4-6-20-7-5-12)13-3-2-11(14(16,17)18)8-10(13)9-15/h2-3,8,12H,4-7,9H2,1H3. The molecule has 1 fully saturated rings. The Hall–Kier alpha value is -0.940. The fraction of sp³-hybridized carbons (Fsp3) is 0.571. The molecule has 0 bridgehead atoms. The Morgan fingerprint density at radius 2 is 1.95 bits per heavy atom. The van der Waals surface area contributed by atoms with Crippen molar-refractivity contribution in [2.24, 2.45) is 0 Å². The zero-order valence-electron chi connectivity index (χ0n) is 11.2. The van der Waals surface area contributed by atoms with E-state index in [-0.39, 0.29) is 11.9 Å². The van der Waals surface area contributed by atoms with Gasteiger partial charge in [-0.3, -0.25) is 0 Å². The lowest BCUT2D eigenvalue weighted by Crippen LogP contribution is -2.37. The third-order valence-corrected chi connectivity index (χ3v) is 3.96. The van der Waals surface area contributed by atoms with Crippen molar-refractivity contribution in [3.05, 3.63) is 29.3 Å². The normalized spacial score (nSPS) is 17.2. The topological polar surface area (TPSA) is 12.5 Å². The highest BCUT2D eigenvalue weighted by atomic mass is 35.5. The highest BCUT2D eigenvalue weighted by Gasteiger charge is 2.31. The zero-order valence-corrected chi connectivity index (χ0v) is 12.0. The molecule has 1 aromatic carbocycles. The third kappa shape index (κ3) is 3.38. The molecule has 0 spiro atoms. The minimum Gasteiger partial charge on any atom is -0.381 e. The Morgan fingerprint density at radius 1 is 1.30 bits per heavy atom. The van der Waals surface area contributed by atoms with E-state index in [1.54, 1.807) is 0 Å². The van der Waals surface area contributed by atoms with Crippen LogP contribution in [0.1, 0.15) is 24.0 Å². The first-order valence-corrected chi connectivity index (χ1v) is 7.03. The molecule has 0 amide bonds. The van der Waals surface area contributed by atoms with Gasteiger partial charge in [0.1, 0.15) is 0 Å². The van der Waals surface area contributed by atoms with E-state index < -0.39 is 11.7 Å². The van der Waals surface area contributed by atoms with E-state index in [4.69, 9.17) is 16.3 Å². The molecule has 0 unspecified atom stereocenters. The molecule has 1 aliphatic heterocycles. The van der Waals surface area contributed by atoms with Crippen molar-refractivity contribution in [2.75, 3.05) is 25.2 Å². The second-order valence-electron chi connectivity index (χ2n) is 4.93. The maximum atomic E-state index is 12.7. The van der Waals surface area contributed by atoms with Crippen LogP contribution in [0.15, 0.2) is 18.2 Å². The summed E-state index contributed by atoms with van der Waals surface area (Å²) in [6, 6.07) is 4.04. The van der Waals surface area contributed by atoms with Gasteiger partial charge in [-0.05, 0) is 36.6 Å². The molecule has 0 saturated carbocycles. The second-order valence-corrected chi connectivity index (χ2v) is 5.20. The fourth-order valence-electron chi connectivity index (χ4n) is 2.48. The maximum Gasteiger partial charge on any atom is 0.416 e. The smallest absolute Gasteiger partial charge is 0.381 e. The summed E-state index contributed by atoms with van der Waals surface area (Å²) in [5.41, 5.74) is 0.618. The summed E-state index contributed by atoms with van der Waals surface area (Å²) < 4.78 is 43.5. The van der Waals surface area contributed by atoms with E-state index in [1.165, 1.54) is 6.07 Å². The highest BCUT2D eigenvalue weighted by molar-refractivity contribution is 6.17. The highest BCUT2D eigenvalue weighted by Crippen LogP contribution is 2.34. The fourth-order valence-corrected chi connectivity index (χ4v) is 2.70. The molecule has 0 radical (unpaired) electrons. The summed E-state index contributed by atoms with van der Waals surface area (Å²) in [4.78, 5) is 2.01. The average Bonchev–Trinajstić information content (AvgIpc) is 2.45. The molecular weight excluding hydrogens is 291 g/mol. The number of rotatable bonds is 3. The lowest BCUT2D eigenvalue weighted by molar-refractivity contribution is -0.137. The minimum absolute atomic E-state index is 0.0623. The summed E-state index contributed by atoms with van der Waals surface area (Å²) >= 11 is 5.82. The van der Waals surface area contributed by atoms with Crippen LogP contribution in [0.25, 0.3) is 0 Å². The van der Waals surface area contributed by atoms with Gasteiger partial charge in [-0.15, -0.1) is 11.6 Å². The maximum absolute atomic E-state index is 12.7.